The molecule has 2 amide bonds. The molecule has 1 heterocycles. The molecule has 2 fully saturated rings. The quantitative estimate of drug-likeness (QED) is 0.658. The molecule has 2 aromatic carbocycles. The number of benzene rings is 2. The van der Waals surface area contributed by atoms with Gasteiger partial charge >= 0.3 is 0 Å². The number of nitrogens with one attached hydrogen (secondary N) is 1. The topological polar surface area (TPSA) is 92.8 Å². The summed E-state index contributed by atoms with van der Waals surface area (Å²) in [5, 5.41) is 0. The zero-order chi connectivity index (χ0) is 23.3. The van der Waals surface area contributed by atoms with Crippen molar-refractivity contribution in [3.8, 4) is 5.75 Å². The molecule has 2 aliphatic rings. The van der Waals surface area contributed by atoms with Gasteiger partial charge < -0.3 is 4.74 Å². The van der Waals surface area contributed by atoms with Crippen molar-refractivity contribution in [2.45, 2.75) is 45.4 Å². The molecular formula is C24H28N2O5S. The van der Waals surface area contributed by atoms with E-state index in [0.29, 0.717) is 36.6 Å². The second-order valence-electron chi connectivity index (χ2n) is 9.18. The molecule has 4 rings (SSSR count). The molecule has 170 valence electrons. The van der Waals surface area contributed by atoms with Gasteiger partial charge in [0.15, 0.2) is 0 Å². The van der Waals surface area contributed by atoms with Gasteiger partial charge in [-0.3, -0.25) is 14.3 Å². The lowest BCUT2D eigenvalue weighted by atomic mass is 9.62. The molecule has 2 bridgehead atoms. The molecule has 0 spiro atoms. The van der Waals surface area contributed by atoms with Crippen LogP contribution >= 0.6 is 0 Å². The van der Waals surface area contributed by atoms with Crippen molar-refractivity contribution in [2.24, 2.45) is 16.7 Å². The molecular weight excluding hydrogens is 428 g/mol. The van der Waals surface area contributed by atoms with Gasteiger partial charge in [0.05, 0.1) is 22.6 Å². The number of rotatable bonds is 6. The summed E-state index contributed by atoms with van der Waals surface area (Å²) in [6.07, 6.45) is 1.35. The Hall–Kier alpha value is -2.87. The highest BCUT2D eigenvalue weighted by atomic mass is 32.2. The van der Waals surface area contributed by atoms with E-state index in [0.717, 1.165) is 0 Å². The third kappa shape index (κ3) is 3.37. The highest BCUT2D eigenvalue weighted by molar-refractivity contribution is 7.92. The van der Waals surface area contributed by atoms with Gasteiger partial charge in [0.25, 0.3) is 10.0 Å². The van der Waals surface area contributed by atoms with E-state index in [-0.39, 0.29) is 22.6 Å². The number of sulfonamides is 1. The summed E-state index contributed by atoms with van der Waals surface area (Å²) in [4.78, 5) is 27.7. The molecule has 1 aliphatic carbocycles. The third-order valence-electron chi connectivity index (χ3n) is 7.24. The van der Waals surface area contributed by atoms with Gasteiger partial charge in [-0.15, -0.1) is 0 Å². The second-order valence-corrected chi connectivity index (χ2v) is 10.9. The number of imide groups is 1. The lowest BCUT2D eigenvalue weighted by Gasteiger charge is -2.47. The number of anilines is 2. The summed E-state index contributed by atoms with van der Waals surface area (Å²) in [5.74, 6) is -0.00101. The van der Waals surface area contributed by atoms with Gasteiger partial charge in [-0.2, -0.15) is 0 Å². The Morgan fingerprint density at radius 3 is 2.25 bits per heavy atom. The Kier molecular flexibility index (Phi) is 5.32. The van der Waals surface area contributed by atoms with Gasteiger partial charge in [0.1, 0.15) is 5.75 Å². The van der Waals surface area contributed by atoms with E-state index in [1.54, 1.807) is 24.3 Å². The number of ether oxygens (including phenoxy) is 1. The first-order chi connectivity index (χ1) is 15.0. The first-order valence-electron chi connectivity index (χ1n) is 10.8. The number of nitrogens with zero attached hydrogens (tertiary/aromatic N) is 1. The number of hydrogen-bond donors (Lipinski definition) is 1. The summed E-state index contributed by atoms with van der Waals surface area (Å²) < 4.78 is 33.5. The number of piperidine rings is 1. The van der Waals surface area contributed by atoms with Crippen LogP contribution in [0, 0.1) is 16.7 Å². The van der Waals surface area contributed by atoms with Crippen LogP contribution in [0.3, 0.4) is 0 Å². The van der Waals surface area contributed by atoms with Gasteiger partial charge in [-0.05, 0) is 73.7 Å². The Labute approximate surface area is 188 Å². The number of carbonyl (C=O) groups is 2. The Balaban J connectivity index is 1.56. The average molecular weight is 457 g/mol. The minimum atomic E-state index is -3.83. The molecule has 2 aromatic rings. The molecule has 32 heavy (non-hydrogen) atoms. The summed E-state index contributed by atoms with van der Waals surface area (Å²) in [6, 6.07) is 12.5. The maximum absolute atomic E-state index is 13.3. The van der Waals surface area contributed by atoms with Crippen molar-refractivity contribution < 1.29 is 22.7 Å². The fourth-order valence-electron chi connectivity index (χ4n) is 4.84. The largest absolute Gasteiger partial charge is 0.494 e. The van der Waals surface area contributed by atoms with E-state index < -0.39 is 20.9 Å². The summed E-state index contributed by atoms with van der Waals surface area (Å²) in [7, 11) is -3.83. The highest BCUT2D eigenvalue weighted by Crippen LogP contribution is 2.60. The van der Waals surface area contributed by atoms with Crippen molar-refractivity contribution in [1.29, 1.82) is 0 Å². The first kappa shape index (κ1) is 22.3. The predicted octanol–water partition coefficient (Wildman–Crippen LogP) is 4.20. The molecule has 0 aromatic heterocycles. The fourth-order valence-corrected chi connectivity index (χ4v) is 5.90. The van der Waals surface area contributed by atoms with Crippen LogP contribution in [-0.2, 0) is 19.6 Å². The molecule has 0 unspecified atom stereocenters. The zero-order valence-corrected chi connectivity index (χ0v) is 19.5. The number of hydrogen-bond acceptors (Lipinski definition) is 5. The number of amides is 2. The van der Waals surface area contributed by atoms with Crippen LogP contribution in [0.25, 0.3) is 0 Å². The summed E-state index contributed by atoms with van der Waals surface area (Å²) >= 11 is 0. The van der Waals surface area contributed by atoms with Crippen molar-refractivity contribution in [1.82, 2.24) is 0 Å². The molecule has 1 N–H and O–H groups in total. The fraction of sp³-hybridized carbons (Fsp3) is 0.417. The number of fused-ring (bicyclic) bond motifs is 2. The summed E-state index contributed by atoms with van der Waals surface area (Å²) in [6.45, 7) is 8.29. The molecule has 0 radical (unpaired) electrons. The summed E-state index contributed by atoms with van der Waals surface area (Å²) in [5.41, 5.74) is -0.215. The molecule has 1 saturated heterocycles. The van der Waals surface area contributed by atoms with E-state index in [4.69, 9.17) is 4.74 Å². The van der Waals surface area contributed by atoms with E-state index >= 15 is 0 Å². The lowest BCUT2D eigenvalue weighted by Crippen LogP contribution is -2.59. The predicted molar refractivity (Wildman–Crippen MR) is 122 cm³/mol. The molecule has 2 atom stereocenters. The maximum Gasteiger partial charge on any atom is 0.261 e. The molecule has 1 aliphatic heterocycles. The van der Waals surface area contributed by atoms with Crippen LogP contribution in [0.2, 0.25) is 0 Å². The van der Waals surface area contributed by atoms with Crippen molar-refractivity contribution in [2.75, 3.05) is 16.2 Å². The van der Waals surface area contributed by atoms with Gasteiger partial charge in [-0.1, -0.05) is 20.8 Å². The minimum absolute atomic E-state index is 0.0431. The molecule has 7 nitrogen and oxygen atoms in total. The van der Waals surface area contributed by atoms with Crippen LogP contribution < -0.4 is 14.4 Å². The normalized spacial score (nSPS) is 24.5. The van der Waals surface area contributed by atoms with Crippen molar-refractivity contribution in [3.63, 3.8) is 0 Å². The SMILES string of the molecule is CCOc1ccc(NS(=O)(=O)c2ccc(N3C(=O)[C@H]4CC[C@@](C)(C3=O)C4(C)C)cc2)cc1. The average Bonchev–Trinajstić information content (AvgIpc) is 2.93. The van der Waals surface area contributed by atoms with Gasteiger partial charge in [0, 0.05) is 11.6 Å². The van der Waals surface area contributed by atoms with Crippen molar-refractivity contribution in [3.05, 3.63) is 48.5 Å². The minimum Gasteiger partial charge on any atom is -0.494 e. The van der Waals surface area contributed by atoms with Gasteiger partial charge in [-0.25, -0.2) is 13.3 Å². The van der Waals surface area contributed by atoms with Crippen LogP contribution in [0.1, 0.15) is 40.5 Å². The Bertz CT molecular complexity index is 1160. The maximum atomic E-state index is 13.3. The Morgan fingerprint density at radius 1 is 1.03 bits per heavy atom. The van der Waals surface area contributed by atoms with Crippen LogP contribution in [0.5, 0.6) is 5.75 Å². The molecule has 8 heteroatoms. The second kappa shape index (κ2) is 7.62. The van der Waals surface area contributed by atoms with E-state index in [1.165, 1.54) is 29.2 Å². The smallest absolute Gasteiger partial charge is 0.261 e. The van der Waals surface area contributed by atoms with Crippen LogP contribution in [0.4, 0.5) is 11.4 Å². The zero-order valence-electron chi connectivity index (χ0n) is 18.7. The first-order valence-corrected chi connectivity index (χ1v) is 12.2. The Morgan fingerprint density at radius 2 is 1.66 bits per heavy atom. The highest BCUT2D eigenvalue weighted by Gasteiger charge is 2.64. The van der Waals surface area contributed by atoms with E-state index in [1.807, 2.05) is 27.7 Å². The number of carbonyl (C=O) groups excluding carboxylic acids is 2. The van der Waals surface area contributed by atoms with Gasteiger partial charge in [0.2, 0.25) is 11.8 Å². The van der Waals surface area contributed by atoms with E-state index in [2.05, 4.69) is 4.72 Å². The lowest BCUT2D eigenvalue weighted by molar-refractivity contribution is -0.146. The van der Waals surface area contributed by atoms with Crippen molar-refractivity contribution >= 4 is 33.2 Å². The monoisotopic (exact) mass is 456 g/mol. The van der Waals surface area contributed by atoms with Crippen LogP contribution in [-0.4, -0.2) is 26.8 Å². The third-order valence-corrected chi connectivity index (χ3v) is 8.64. The van der Waals surface area contributed by atoms with E-state index in [9.17, 15) is 18.0 Å². The van der Waals surface area contributed by atoms with Crippen LogP contribution in [0.15, 0.2) is 53.4 Å². The standard InChI is InChI=1S/C24H28N2O5S/c1-5-31-18-10-6-16(7-11-18)25-32(29,30)19-12-8-17(9-13-19)26-21(27)20-14-15-24(4,22(26)28)23(20,2)3/h6-13,20,25H,5,14-15H2,1-4H3/t20-,24+/m1/s1. The molecule has 1 saturated carbocycles.